The minimum absolute atomic E-state index is 0. The Labute approximate surface area is 89.8 Å². The number of hydrogen-bond acceptors (Lipinski definition) is 2. The molecular weight excluding hydrogens is 184 g/mol. The summed E-state index contributed by atoms with van der Waals surface area (Å²) in [6.45, 7) is 0. The molecule has 0 fully saturated rings. The van der Waals surface area contributed by atoms with Crippen molar-refractivity contribution in [1.29, 1.82) is 0 Å². The van der Waals surface area contributed by atoms with Gasteiger partial charge in [-0.2, -0.15) is 0 Å². The molecule has 3 rings (SSSR count). The molecule has 0 heterocycles. The summed E-state index contributed by atoms with van der Waals surface area (Å²) in [5.74, 6) is 0. The Balaban J connectivity index is 0.000000562. The Hall–Kier alpha value is -1.64. The lowest BCUT2D eigenvalue weighted by Crippen LogP contribution is -1.91. The molecule has 1 aliphatic carbocycles. The minimum Gasteiger partial charge on any atom is -0.344 e. The Morgan fingerprint density at radius 1 is 0.867 bits per heavy atom. The van der Waals surface area contributed by atoms with Gasteiger partial charge in [-0.05, 0) is 28.3 Å². The first-order chi connectivity index (χ1) is 6.45. The second-order valence-corrected chi connectivity index (χ2v) is 3.47. The second-order valence-electron chi connectivity index (χ2n) is 3.47. The van der Waals surface area contributed by atoms with E-state index in [0.717, 1.165) is 6.42 Å². The molecule has 0 spiro atoms. The maximum Gasteiger partial charge on any atom is -0.00763 e. The van der Waals surface area contributed by atoms with Crippen LogP contribution in [0.3, 0.4) is 0 Å². The molecule has 1 aliphatic rings. The van der Waals surface area contributed by atoms with Crippen molar-refractivity contribution in [2.24, 2.45) is 0 Å². The van der Waals surface area contributed by atoms with Gasteiger partial charge in [0, 0.05) is 0 Å². The Morgan fingerprint density at radius 3 is 2.40 bits per heavy atom. The summed E-state index contributed by atoms with van der Waals surface area (Å²) >= 11 is 0. The van der Waals surface area contributed by atoms with E-state index in [0.29, 0.717) is 0 Å². The van der Waals surface area contributed by atoms with E-state index in [4.69, 9.17) is 0 Å². The van der Waals surface area contributed by atoms with E-state index in [1.807, 2.05) is 0 Å². The van der Waals surface area contributed by atoms with E-state index in [-0.39, 0.29) is 12.3 Å². The lowest BCUT2D eigenvalue weighted by atomic mass is 9.93. The molecule has 2 heteroatoms. The molecule has 0 bridgehead atoms. The van der Waals surface area contributed by atoms with Crippen molar-refractivity contribution in [2.45, 2.75) is 6.42 Å². The Morgan fingerprint density at radius 2 is 1.60 bits per heavy atom. The van der Waals surface area contributed by atoms with Crippen LogP contribution >= 0.6 is 0 Å². The molecule has 0 aliphatic heterocycles. The molecule has 0 unspecified atom stereocenters. The SMILES string of the molecule is C1=Cc2cccc3cccc(c23)C1.N.N. The molecule has 0 atom stereocenters. The summed E-state index contributed by atoms with van der Waals surface area (Å²) in [6, 6.07) is 13.0. The molecule has 0 aromatic heterocycles. The summed E-state index contributed by atoms with van der Waals surface area (Å²) in [4.78, 5) is 0. The highest BCUT2D eigenvalue weighted by molar-refractivity contribution is 5.94. The summed E-state index contributed by atoms with van der Waals surface area (Å²) in [7, 11) is 0. The predicted octanol–water partition coefficient (Wildman–Crippen LogP) is 3.73. The number of rotatable bonds is 0. The molecule has 78 valence electrons. The summed E-state index contributed by atoms with van der Waals surface area (Å²) in [5.41, 5.74) is 2.81. The van der Waals surface area contributed by atoms with E-state index in [1.165, 1.54) is 21.9 Å². The van der Waals surface area contributed by atoms with E-state index >= 15 is 0 Å². The first-order valence-electron chi connectivity index (χ1n) is 4.62. The normalized spacial score (nSPS) is 11.7. The zero-order chi connectivity index (χ0) is 8.67. The molecule has 0 saturated carbocycles. The third kappa shape index (κ3) is 1.65. The van der Waals surface area contributed by atoms with Crippen LogP contribution in [0.4, 0.5) is 0 Å². The van der Waals surface area contributed by atoms with Crippen LogP contribution in [0.25, 0.3) is 16.8 Å². The topological polar surface area (TPSA) is 70.0 Å². The lowest BCUT2D eigenvalue weighted by molar-refractivity contribution is 1.29. The van der Waals surface area contributed by atoms with Gasteiger partial charge in [0.2, 0.25) is 0 Å². The van der Waals surface area contributed by atoms with Gasteiger partial charge < -0.3 is 12.3 Å². The maximum atomic E-state index is 2.23. The fourth-order valence-electron chi connectivity index (χ4n) is 2.07. The fourth-order valence-corrected chi connectivity index (χ4v) is 2.07. The summed E-state index contributed by atoms with van der Waals surface area (Å²) in [5, 5.41) is 2.80. The molecule has 15 heavy (non-hydrogen) atoms. The molecule has 0 saturated heterocycles. The smallest absolute Gasteiger partial charge is 0.00763 e. The van der Waals surface area contributed by atoms with Gasteiger partial charge in [-0.3, -0.25) is 0 Å². The van der Waals surface area contributed by atoms with E-state index in [2.05, 4.69) is 48.6 Å². The quantitative estimate of drug-likeness (QED) is 0.680. The van der Waals surface area contributed by atoms with Gasteiger partial charge >= 0.3 is 0 Å². The molecule has 0 amide bonds. The predicted molar refractivity (Wildman–Crippen MR) is 66.7 cm³/mol. The molecule has 6 N–H and O–H groups in total. The third-order valence-electron chi connectivity index (χ3n) is 2.66. The summed E-state index contributed by atoms with van der Waals surface area (Å²) < 4.78 is 0. The number of allylic oxidation sites excluding steroid dienone is 1. The zero-order valence-electron chi connectivity index (χ0n) is 8.74. The van der Waals surface area contributed by atoms with Gasteiger partial charge in [-0.25, -0.2) is 0 Å². The number of hydrogen-bond donors (Lipinski definition) is 2. The largest absolute Gasteiger partial charge is 0.344 e. The van der Waals surface area contributed by atoms with Crippen LogP contribution in [-0.2, 0) is 6.42 Å². The second kappa shape index (κ2) is 4.26. The maximum absolute atomic E-state index is 2.23. The van der Waals surface area contributed by atoms with E-state index < -0.39 is 0 Å². The number of benzene rings is 2. The highest BCUT2D eigenvalue weighted by Crippen LogP contribution is 2.27. The van der Waals surface area contributed by atoms with E-state index in [9.17, 15) is 0 Å². The summed E-state index contributed by atoms with van der Waals surface area (Å²) in [6.07, 6.45) is 5.53. The van der Waals surface area contributed by atoms with Crippen LogP contribution in [0.2, 0.25) is 0 Å². The van der Waals surface area contributed by atoms with Crippen molar-refractivity contribution >= 4 is 16.8 Å². The van der Waals surface area contributed by atoms with Crippen molar-refractivity contribution in [3.63, 3.8) is 0 Å². The van der Waals surface area contributed by atoms with Gasteiger partial charge in [0.05, 0.1) is 0 Å². The van der Waals surface area contributed by atoms with Crippen molar-refractivity contribution in [1.82, 2.24) is 12.3 Å². The van der Waals surface area contributed by atoms with Gasteiger partial charge in [-0.1, -0.05) is 48.6 Å². The monoisotopic (exact) mass is 200 g/mol. The highest BCUT2D eigenvalue weighted by atomic mass is 14.1. The van der Waals surface area contributed by atoms with E-state index in [1.54, 1.807) is 0 Å². The third-order valence-corrected chi connectivity index (χ3v) is 2.66. The van der Waals surface area contributed by atoms with Gasteiger partial charge in [0.15, 0.2) is 0 Å². The van der Waals surface area contributed by atoms with Crippen LogP contribution < -0.4 is 12.3 Å². The Bertz CT molecular complexity index is 496. The zero-order valence-corrected chi connectivity index (χ0v) is 8.74. The van der Waals surface area contributed by atoms with Crippen LogP contribution in [-0.4, -0.2) is 0 Å². The molecule has 2 aromatic rings. The van der Waals surface area contributed by atoms with Crippen LogP contribution in [0.1, 0.15) is 11.1 Å². The van der Waals surface area contributed by atoms with Gasteiger partial charge in [-0.15, -0.1) is 0 Å². The minimum atomic E-state index is 0. The van der Waals surface area contributed by atoms with Crippen molar-refractivity contribution in [2.75, 3.05) is 0 Å². The molecular formula is C13H16N2. The van der Waals surface area contributed by atoms with Crippen molar-refractivity contribution in [3.05, 3.63) is 53.6 Å². The lowest BCUT2D eigenvalue weighted by Gasteiger charge is -2.11. The van der Waals surface area contributed by atoms with Crippen LogP contribution in [0, 0.1) is 0 Å². The standard InChI is InChI=1S/C13H10.2H3N/c1-4-10-6-2-8-12-9-3-7-11(5-1)13(10)12;;/h1-8H,9H2;2*1H3. The van der Waals surface area contributed by atoms with Gasteiger partial charge in [0.25, 0.3) is 0 Å². The molecule has 2 nitrogen and oxygen atoms in total. The van der Waals surface area contributed by atoms with Crippen molar-refractivity contribution < 1.29 is 0 Å². The first-order valence-corrected chi connectivity index (χ1v) is 4.62. The average molecular weight is 200 g/mol. The fraction of sp³-hybridized carbons (Fsp3) is 0.0769. The van der Waals surface area contributed by atoms with Crippen LogP contribution in [0.15, 0.2) is 42.5 Å². The molecule has 2 aromatic carbocycles. The van der Waals surface area contributed by atoms with Gasteiger partial charge in [0.1, 0.15) is 0 Å². The first kappa shape index (κ1) is 11.4. The van der Waals surface area contributed by atoms with Crippen LogP contribution in [0.5, 0.6) is 0 Å². The Kier molecular flexibility index (Phi) is 3.24. The van der Waals surface area contributed by atoms with Crippen molar-refractivity contribution in [3.8, 4) is 0 Å². The average Bonchev–Trinajstić information content (AvgIpc) is 2.19. The molecule has 0 radical (unpaired) electrons. The highest BCUT2D eigenvalue weighted by Gasteiger charge is 2.06.